The van der Waals surface area contributed by atoms with Crippen LogP contribution in [0.5, 0.6) is 0 Å². The number of halogens is 2. The van der Waals surface area contributed by atoms with Crippen molar-refractivity contribution in [2.75, 3.05) is 18.6 Å². The van der Waals surface area contributed by atoms with Crippen LogP contribution in [0.25, 0.3) is 0 Å². The van der Waals surface area contributed by atoms with E-state index in [1.807, 2.05) is 11.8 Å². The Kier molecular flexibility index (Phi) is 3.70. The van der Waals surface area contributed by atoms with Crippen LogP contribution in [0.4, 0.5) is 15.8 Å². The van der Waals surface area contributed by atoms with E-state index in [0.717, 1.165) is 17.8 Å². The van der Waals surface area contributed by atoms with E-state index in [4.69, 9.17) is 21.1 Å². The quantitative estimate of drug-likeness (QED) is 0.760. The molecule has 130 valence electrons. The van der Waals surface area contributed by atoms with Crippen LogP contribution in [0, 0.1) is 5.82 Å². The van der Waals surface area contributed by atoms with Crippen molar-refractivity contribution in [2.45, 2.75) is 25.0 Å². The van der Waals surface area contributed by atoms with E-state index >= 15 is 0 Å². The second kappa shape index (κ2) is 5.68. The van der Waals surface area contributed by atoms with Crippen LogP contribution >= 0.6 is 11.6 Å². The molecule has 2 aliphatic heterocycles. The number of aromatic nitrogens is 1. The van der Waals surface area contributed by atoms with Crippen LogP contribution in [0.15, 0.2) is 30.3 Å². The number of rotatable bonds is 2. The maximum atomic E-state index is 14.0. The first-order valence-corrected chi connectivity index (χ1v) is 8.29. The van der Waals surface area contributed by atoms with Gasteiger partial charge in [-0.3, -0.25) is 0 Å². The van der Waals surface area contributed by atoms with Gasteiger partial charge in [0.1, 0.15) is 17.7 Å². The number of nitrogens with zero attached hydrogens (tertiary/aromatic N) is 2. The molecule has 1 fully saturated rings. The minimum absolute atomic E-state index is 0.0671. The number of esters is 1. The maximum absolute atomic E-state index is 14.0. The fourth-order valence-electron chi connectivity index (χ4n) is 3.61. The molecule has 0 radical (unpaired) electrons. The number of benzene rings is 1. The predicted octanol–water partition coefficient (Wildman–Crippen LogP) is 3.82. The molecule has 3 heterocycles. The van der Waals surface area contributed by atoms with Crippen molar-refractivity contribution < 1.29 is 18.7 Å². The van der Waals surface area contributed by atoms with E-state index in [1.54, 1.807) is 18.2 Å². The fraction of sp³-hybridized carbons (Fsp3) is 0.333. The summed E-state index contributed by atoms with van der Waals surface area (Å²) in [5.74, 6) is -0.982. The molecular weight excluding hydrogens is 347 g/mol. The van der Waals surface area contributed by atoms with Crippen molar-refractivity contribution in [2.24, 2.45) is 0 Å². The van der Waals surface area contributed by atoms with Gasteiger partial charge >= 0.3 is 5.97 Å². The Morgan fingerprint density at radius 1 is 1.44 bits per heavy atom. The molecule has 4 rings (SSSR count). The molecule has 0 bridgehead atoms. The number of fused-ring (bicyclic) bond motifs is 3. The summed E-state index contributed by atoms with van der Waals surface area (Å²) in [5, 5.41) is 0.0671. The Balaban J connectivity index is 1.88. The number of carbonyl (C=O) groups excluding carboxylic acids is 1. The number of carbonyl (C=O) groups is 1. The third-order valence-electron chi connectivity index (χ3n) is 4.93. The SMILES string of the molecule is COC(=O)c1ccc2c(n1)[C@]1(C)CCO[C@@H]1N2c1ccc(Cl)c(F)c1. The zero-order valence-electron chi connectivity index (χ0n) is 13.8. The normalized spacial score (nSPS) is 24.2. The largest absolute Gasteiger partial charge is 0.464 e. The van der Waals surface area contributed by atoms with Gasteiger partial charge in [0, 0.05) is 5.69 Å². The van der Waals surface area contributed by atoms with Crippen LogP contribution in [-0.4, -0.2) is 30.9 Å². The highest BCUT2D eigenvalue weighted by atomic mass is 35.5. The van der Waals surface area contributed by atoms with Gasteiger partial charge < -0.3 is 14.4 Å². The Labute approximate surface area is 149 Å². The van der Waals surface area contributed by atoms with Gasteiger partial charge in [-0.1, -0.05) is 11.6 Å². The average molecular weight is 363 g/mol. The van der Waals surface area contributed by atoms with E-state index in [9.17, 15) is 9.18 Å². The van der Waals surface area contributed by atoms with Gasteiger partial charge in [-0.05, 0) is 43.7 Å². The lowest BCUT2D eigenvalue weighted by Gasteiger charge is -2.29. The third-order valence-corrected chi connectivity index (χ3v) is 5.23. The number of hydrogen-bond acceptors (Lipinski definition) is 5. The highest BCUT2D eigenvalue weighted by Gasteiger charge is 2.54. The average Bonchev–Trinajstić information content (AvgIpc) is 3.10. The predicted molar refractivity (Wildman–Crippen MR) is 90.8 cm³/mol. The standard InChI is InChI=1S/C18H16ClFN2O3/c1-18-7-8-25-17(18)22(10-3-4-11(19)12(20)9-10)14-6-5-13(16(23)24-2)21-15(14)18/h3-6,9,17H,7-8H2,1-2H3/t17-,18-/m0/s1. The summed E-state index contributed by atoms with van der Waals surface area (Å²) in [5.41, 5.74) is 2.04. The summed E-state index contributed by atoms with van der Waals surface area (Å²) in [4.78, 5) is 18.3. The summed E-state index contributed by atoms with van der Waals surface area (Å²) >= 11 is 5.81. The van der Waals surface area contributed by atoms with Crippen LogP contribution in [0.2, 0.25) is 5.02 Å². The van der Waals surface area contributed by atoms with Crippen molar-refractivity contribution in [3.8, 4) is 0 Å². The highest BCUT2D eigenvalue weighted by molar-refractivity contribution is 6.30. The highest BCUT2D eigenvalue weighted by Crippen LogP contribution is 2.53. The zero-order valence-corrected chi connectivity index (χ0v) is 14.5. The van der Waals surface area contributed by atoms with E-state index in [0.29, 0.717) is 12.3 Å². The number of methoxy groups -OCH3 is 1. The number of hydrogen-bond donors (Lipinski definition) is 0. The molecule has 2 atom stereocenters. The molecule has 25 heavy (non-hydrogen) atoms. The Bertz CT molecular complexity index is 875. The van der Waals surface area contributed by atoms with Crippen molar-refractivity contribution in [3.63, 3.8) is 0 Å². The zero-order chi connectivity index (χ0) is 17.8. The van der Waals surface area contributed by atoms with Crippen molar-refractivity contribution >= 4 is 28.9 Å². The third kappa shape index (κ3) is 2.32. The molecule has 0 amide bonds. The Hall–Kier alpha value is -2.18. The number of anilines is 2. The second-order valence-electron chi connectivity index (χ2n) is 6.41. The molecule has 1 aromatic heterocycles. The van der Waals surface area contributed by atoms with Crippen LogP contribution in [0.1, 0.15) is 29.5 Å². The summed E-state index contributed by atoms with van der Waals surface area (Å²) in [7, 11) is 1.32. The molecule has 7 heteroatoms. The fourth-order valence-corrected chi connectivity index (χ4v) is 3.72. The molecule has 2 aromatic rings. The van der Waals surface area contributed by atoms with E-state index < -0.39 is 17.2 Å². The van der Waals surface area contributed by atoms with Gasteiger partial charge in [-0.25, -0.2) is 14.2 Å². The van der Waals surface area contributed by atoms with E-state index in [2.05, 4.69) is 4.98 Å². The van der Waals surface area contributed by atoms with Gasteiger partial charge in [0.2, 0.25) is 0 Å². The molecule has 0 aliphatic carbocycles. The summed E-state index contributed by atoms with van der Waals surface area (Å²) in [6.45, 7) is 2.61. The van der Waals surface area contributed by atoms with Crippen LogP contribution in [-0.2, 0) is 14.9 Å². The summed E-state index contributed by atoms with van der Waals surface area (Å²) in [6, 6.07) is 8.06. The molecule has 0 spiro atoms. The molecule has 0 unspecified atom stereocenters. The number of pyridine rings is 1. The van der Waals surface area contributed by atoms with Gasteiger partial charge in [0.25, 0.3) is 0 Å². The van der Waals surface area contributed by atoms with E-state index in [-0.39, 0.29) is 16.9 Å². The van der Waals surface area contributed by atoms with Gasteiger partial charge in [-0.15, -0.1) is 0 Å². The Morgan fingerprint density at radius 2 is 2.24 bits per heavy atom. The summed E-state index contributed by atoms with van der Waals surface area (Å²) in [6.07, 6.45) is 0.443. The van der Waals surface area contributed by atoms with Crippen molar-refractivity contribution in [1.82, 2.24) is 4.98 Å². The first-order chi connectivity index (χ1) is 12.0. The topological polar surface area (TPSA) is 51.7 Å². The molecule has 0 saturated carbocycles. The van der Waals surface area contributed by atoms with Crippen molar-refractivity contribution in [3.05, 3.63) is 52.6 Å². The van der Waals surface area contributed by atoms with Gasteiger partial charge in [0.15, 0.2) is 0 Å². The summed E-state index contributed by atoms with van der Waals surface area (Å²) < 4.78 is 24.7. The second-order valence-corrected chi connectivity index (χ2v) is 6.82. The molecule has 5 nitrogen and oxygen atoms in total. The van der Waals surface area contributed by atoms with Crippen LogP contribution < -0.4 is 4.90 Å². The van der Waals surface area contributed by atoms with Gasteiger partial charge in [-0.2, -0.15) is 0 Å². The molecule has 1 saturated heterocycles. The lowest BCUT2D eigenvalue weighted by molar-refractivity contribution is 0.0593. The minimum atomic E-state index is -0.494. The van der Waals surface area contributed by atoms with Crippen LogP contribution in [0.3, 0.4) is 0 Å². The first-order valence-electron chi connectivity index (χ1n) is 7.91. The lowest BCUT2D eigenvalue weighted by atomic mass is 9.85. The monoisotopic (exact) mass is 362 g/mol. The molecule has 1 aromatic carbocycles. The smallest absolute Gasteiger partial charge is 0.356 e. The molecule has 2 aliphatic rings. The number of ether oxygens (including phenoxy) is 2. The van der Waals surface area contributed by atoms with Gasteiger partial charge in [0.05, 0.1) is 35.5 Å². The maximum Gasteiger partial charge on any atom is 0.356 e. The molecular formula is C18H16ClFN2O3. The molecule has 0 N–H and O–H groups in total. The van der Waals surface area contributed by atoms with E-state index in [1.165, 1.54) is 19.2 Å². The first kappa shape index (κ1) is 16.3. The van der Waals surface area contributed by atoms with Crippen molar-refractivity contribution in [1.29, 1.82) is 0 Å². The minimum Gasteiger partial charge on any atom is -0.464 e. The lowest BCUT2D eigenvalue weighted by Crippen LogP contribution is -2.37. The Morgan fingerprint density at radius 3 is 2.96 bits per heavy atom.